The zero-order valence-corrected chi connectivity index (χ0v) is 16.1. The van der Waals surface area contributed by atoms with Crippen molar-refractivity contribution in [3.8, 4) is 17.1 Å². The number of anilines is 1. The number of aromatic nitrogens is 4. The molecule has 1 aromatic heterocycles. The molecule has 0 aliphatic carbocycles. The van der Waals surface area contributed by atoms with Crippen LogP contribution in [0.5, 0.6) is 5.75 Å². The number of carbonyl (C=O) groups excluding carboxylic acids is 1. The number of benzene rings is 2. The molecule has 1 heterocycles. The van der Waals surface area contributed by atoms with Crippen LogP contribution in [-0.2, 0) is 4.79 Å². The lowest BCUT2D eigenvalue weighted by Crippen LogP contribution is -2.27. The van der Waals surface area contributed by atoms with E-state index in [0.29, 0.717) is 28.7 Å². The Morgan fingerprint density at radius 3 is 2.67 bits per heavy atom. The highest BCUT2D eigenvalue weighted by molar-refractivity contribution is 6.30. The number of carbonyl (C=O) groups is 1. The SMILES string of the molecule is CC[C@H](C(=O)Nc1cc(C)ccc1OC)n1nnc(-c2ccc(Cl)cc2)n1. The molecule has 1 N–H and O–H groups in total. The molecule has 1 atom stereocenters. The van der Waals surface area contributed by atoms with Gasteiger partial charge in [-0.2, -0.15) is 4.80 Å². The van der Waals surface area contributed by atoms with Gasteiger partial charge in [-0.1, -0.05) is 24.6 Å². The average molecular weight is 386 g/mol. The molecule has 0 fully saturated rings. The maximum absolute atomic E-state index is 12.8. The molecule has 0 aliphatic heterocycles. The normalized spacial score (nSPS) is 11.9. The number of halogens is 1. The summed E-state index contributed by atoms with van der Waals surface area (Å²) in [6, 6.07) is 12.1. The molecule has 7 nitrogen and oxygen atoms in total. The first kappa shape index (κ1) is 18.8. The zero-order valence-electron chi connectivity index (χ0n) is 15.3. The monoisotopic (exact) mass is 385 g/mol. The van der Waals surface area contributed by atoms with E-state index in [-0.39, 0.29) is 5.91 Å². The fourth-order valence-corrected chi connectivity index (χ4v) is 2.79. The van der Waals surface area contributed by atoms with E-state index in [0.717, 1.165) is 11.1 Å². The molecule has 0 saturated carbocycles. The molecule has 0 bridgehead atoms. The Kier molecular flexibility index (Phi) is 5.71. The first-order chi connectivity index (χ1) is 13.0. The van der Waals surface area contributed by atoms with Crippen LogP contribution in [0.2, 0.25) is 5.02 Å². The molecular weight excluding hydrogens is 366 g/mol. The van der Waals surface area contributed by atoms with E-state index >= 15 is 0 Å². The van der Waals surface area contributed by atoms with Crippen LogP contribution in [0.3, 0.4) is 0 Å². The van der Waals surface area contributed by atoms with Gasteiger partial charge in [0.25, 0.3) is 5.91 Å². The highest BCUT2D eigenvalue weighted by Crippen LogP contribution is 2.26. The lowest BCUT2D eigenvalue weighted by molar-refractivity contribution is -0.120. The van der Waals surface area contributed by atoms with E-state index < -0.39 is 6.04 Å². The predicted octanol–water partition coefficient (Wildman–Crippen LogP) is 3.90. The Morgan fingerprint density at radius 1 is 1.26 bits per heavy atom. The van der Waals surface area contributed by atoms with E-state index in [1.54, 1.807) is 19.2 Å². The molecule has 1 amide bonds. The van der Waals surface area contributed by atoms with Crippen molar-refractivity contribution in [3.63, 3.8) is 0 Å². The minimum absolute atomic E-state index is 0.235. The van der Waals surface area contributed by atoms with Crippen molar-refractivity contribution in [1.29, 1.82) is 0 Å². The summed E-state index contributed by atoms with van der Waals surface area (Å²) in [5.74, 6) is 0.796. The molecule has 0 spiro atoms. The van der Waals surface area contributed by atoms with Crippen molar-refractivity contribution in [2.24, 2.45) is 0 Å². The summed E-state index contributed by atoms with van der Waals surface area (Å²) in [7, 11) is 1.56. The smallest absolute Gasteiger partial charge is 0.251 e. The van der Waals surface area contributed by atoms with Gasteiger partial charge in [0.05, 0.1) is 12.8 Å². The van der Waals surface area contributed by atoms with E-state index in [1.165, 1.54) is 4.80 Å². The van der Waals surface area contributed by atoms with Gasteiger partial charge in [-0.25, -0.2) is 0 Å². The topological polar surface area (TPSA) is 81.9 Å². The minimum atomic E-state index is -0.594. The van der Waals surface area contributed by atoms with Gasteiger partial charge in [-0.15, -0.1) is 10.2 Å². The molecule has 27 heavy (non-hydrogen) atoms. The Morgan fingerprint density at radius 2 is 2.00 bits per heavy atom. The molecule has 2 aromatic carbocycles. The van der Waals surface area contributed by atoms with Gasteiger partial charge in [0.15, 0.2) is 6.04 Å². The number of aryl methyl sites for hydroxylation is 1. The third kappa shape index (κ3) is 4.25. The largest absolute Gasteiger partial charge is 0.495 e. The highest BCUT2D eigenvalue weighted by atomic mass is 35.5. The molecule has 3 aromatic rings. The van der Waals surface area contributed by atoms with Crippen LogP contribution in [0, 0.1) is 6.92 Å². The summed E-state index contributed by atoms with van der Waals surface area (Å²) < 4.78 is 5.32. The second-order valence-electron chi connectivity index (χ2n) is 6.06. The van der Waals surface area contributed by atoms with E-state index in [1.807, 2.05) is 44.2 Å². The summed E-state index contributed by atoms with van der Waals surface area (Å²) in [6.07, 6.45) is 0.510. The van der Waals surface area contributed by atoms with Gasteiger partial charge >= 0.3 is 0 Å². The second kappa shape index (κ2) is 8.18. The summed E-state index contributed by atoms with van der Waals surface area (Å²) in [6.45, 7) is 3.84. The molecule has 8 heteroatoms. The third-order valence-corrected chi connectivity index (χ3v) is 4.36. The summed E-state index contributed by atoms with van der Waals surface area (Å²) in [5.41, 5.74) is 2.41. The molecular formula is C19H20ClN5O2. The number of amides is 1. The highest BCUT2D eigenvalue weighted by Gasteiger charge is 2.23. The lowest BCUT2D eigenvalue weighted by atomic mass is 10.1. The quantitative estimate of drug-likeness (QED) is 0.695. The number of hydrogen-bond donors (Lipinski definition) is 1. The van der Waals surface area contributed by atoms with Crippen molar-refractivity contribution in [2.75, 3.05) is 12.4 Å². The molecule has 0 saturated heterocycles. The Labute approximate surface area is 162 Å². The van der Waals surface area contributed by atoms with E-state index in [9.17, 15) is 4.79 Å². The van der Waals surface area contributed by atoms with Crippen LogP contribution in [0.15, 0.2) is 42.5 Å². The van der Waals surface area contributed by atoms with Crippen LogP contribution in [0.4, 0.5) is 5.69 Å². The fraction of sp³-hybridized carbons (Fsp3) is 0.263. The number of rotatable bonds is 6. The fourth-order valence-electron chi connectivity index (χ4n) is 2.66. The number of ether oxygens (including phenoxy) is 1. The number of tetrazole rings is 1. The lowest BCUT2D eigenvalue weighted by Gasteiger charge is -2.15. The number of nitrogens with zero attached hydrogens (tertiary/aromatic N) is 4. The minimum Gasteiger partial charge on any atom is -0.495 e. The number of hydrogen-bond acceptors (Lipinski definition) is 5. The van der Waals surface area contributed by atoms with Crippen LogP contribution in [0.1, 0.15) is 24.9 Å². The van der Waals surface area contributed by atoms with Crippen molar-refractivity contribution in [3.05, 3.63) is 53.1 Å². The molecule has 140 valence electrons. The number of methoxy groups -OCH3 is 1. The van der Waals surface area contributed by atoms with Crippen LogP contribution in [-0.4, -0.2) is 33.2 Å². The predicted molar refractivity (Wildman–Crippen MR) is 104 cm³/mol. The van der Waals surface area contributed by atoms with Crippen LogP contribution in [0.25, 0.3) is 11.4 Å². The van der Waals surface area contributed by atoms with Gasteiger partial charge in [0.2, 0.25) is 5.82 Å². The maximum atomic E-state index is 12.8. The van der Waals surface area contributed by atoms with Crippen molar-refractivity contribution < 1.29 is 9.53 Å². The van der Waals surface area contributed by atoms with Gasteiger partial charge in [-0.05, 0) is 60.5 Å². The molecule has 0 aliphatic rings. The van der Waals surface area contributed by atoms with Crippen molar-refractivity contribution >= 4 is 23.2 Å². The summed E-state index contributed by atoms with van der Waals surface area (Å²) in [5, 5.41) is 16.0. The molecule has 3 rings (SSSR count). The zero-order chi connectivity index (χ0) is 19.4. The van der Waals surface area contributed by atoms with Crippen molar-refractivity contribution in [1.82, 2.24) is 20.2 Å². The van der Waals surface area contributed by atoms with Gasteiger partial charge < -0.3 is 10.1 Å². The number of nitrogens with one attached hydrogen (secondary N) is 1. The van der Waals surface area contributed by atoms with Gasteiger partial charge in [0, 0.05) is 10.6 Å². The average Bonchev–Trinajstić information content (AvgIpc) is 3.13. The van der Waals surface area contributed by atoms with Gasteiger partial charge in [0.1, 0.15) is 5.75 Å². The standard InChI is InChI=1S/C19H20ClN5O2/c1-4-16(19(26)21-15-11-12(2)5-10-17(15)27-3)25-23-18(22-24-25)13-6-8-14(20)9-7-13/h5-11,16H,4H2,1-3H3,(H,21,26)/t16-/m1/s1. The molecule has 0 unspecified atom stereocenters. The Bertz CT molecular complexity index is 940. The van der Waals surface area contributed by atoms with E-state index in [2.05, 4.69) is 20.7 Å². The first-order valence-corrected chi connectivity index (χ1v) is 8.90. The maximum Gasteiger partial charge on any atom is 0.251 e. The van der Waals surface area contributed by atoms with Gasteiger partial charge in [-0.3, -0.25) is 4.79 Å². The summed E-state index contributed by atoms with van der Waals surface area (Å²) in [4.78, 5) is 14.1. The van der Waals surface area contributed by atoms with Crippen LogP contribution < -0.4 is 10.1 Å². The van der Waals surface area contributed by atoms with Crippen LogP contribution >= 0.6 is 11.6 Å². The third-order valence-electron chi connectivity index (χ3n) is 4.11. The first-order valence-electron chi connectivity index (χ1n) is 8.52. The molecule has 0 radical (unpaired) electrons. The van der Waals surface area contributed by atoms with Crippen molar-refractivity contribution in [2.45, 2.75) is 26.3 Å². The Balaban J connectivity index is 1.82. The Hall–Kier alpha value is -2.93. The summed E-state index contributed by atoms with van der Waals surface area (Å²) >= 11 is 5.91. The second-order valence-corrected chi connectivity index (χ2v) is 6.49. The van der Waals surface area contributed by atoms with E-state index in [4.69, 9.17) is 16.3 Å².